The molecule has 92 valence electrons. The second kappa shape index (κ2) is 5.69. The van der Waals surface area contributed by atoms with Crippen molar-refractivity contribution in [3.63, 3.8) is 0 Å². The Labute approximate surface area is 110 Å². The number of pyridine rings is 1. The van der Waals surface area contributed by atoms with Crippen LogP contribution in [0.25, 0.3) is 0 Å². The van der Waals surface area contributed by atoms with Gasteiger partial charge in [-0.05, 0) is 24.3 Å². The summed E-state index contributed by atoms with van der Waals surface area (Å²) in [6.07, 6.45) is 1.70. The number of rotatable bonds is 4. The van der Waals surface area contributed by atoms with E-state index in [-0.39, 0.29) is 5.78 Å². The number of benzene rings is 1. The van der Waals surface area contributed by atoms with E-state index in [0.717, 1.165) is 15.5 Å². The number of carbonyl (C=O) groups is 1. The number of hydrogen-bond acceptors (Lipinski definition) is 4. The molecule has 3 nitrogen and oxygen atoms in total. The van der Waals surface area contributed by atoms with E-state index >= 15 is 0 Å². The molecule has 1 aromatic heterocycles. The lowest BCUT2D eigenvalue weighted by Crippen LogP contribution is -1.95. The highest BCUT2D eigenvalue weighted by Gasteiger charge is 2.05. The molecule has 0 radical (unpaired) electrons. The monoisotopic (exact) mass is 259 g/mol. The molecule has 0 fully saturated rings. The molecule has 0 atom stereocenters. The average molecular weight is 259 g/mol. The fourth-order valence-corrected chi connectivity index (χ4v) is 2.37. The van der Waals surface area contributed by atoms with Crippen LogP contribution >= 0.6 is 11.8 Å². The largest absolute Gasteiger partial charge is 0.496 e. The number of carbonyl (C=O) groups excluding carboxylic acids is 1. The molecule has 18 heavy (non-hydrogen) atoms. The molecule has 0 aliphatic rings. The lowest BCUT2D eigenvalue weighted by atomic mass is 10.3. The van der Waals surface area contributed by atoms with E-state index in [2.05, 4.69) is 4.98 Å². The van der Waals surface area contributed by atoms with E-state index in [1.807, 2.05) is 30.3 Å². The van der Waals surface area contributed by atoms with Gasteiger partial charge < -0.3 is 4.74 Å². The number of ketones is 1. The van der Waals surface area contributed by atoms with Crippen LogP contribution in [0.15, 0.2) is 52.4 Å². The van der Waals surface area contributed by atoms with Crippen LogP contribution in [0.1, 0.15) is 17.4 Å². The first kappa shape index (κ1) is 12.6. The standard InChI is InChI=1S/C14H13NO2S/c1-10(16)12-8-7-11(9-15-12)18-14-6-4-3-5-13(14)17-2/h3-9H,1-2H3. The van der Waals surface area contributed by atoms with Gasteiger partial charge in [0.05, 0.1) is 12.0 Å². The molecule has 0 saturated heterocycles. The average Bonchev–Trinajstić information content (AvgIpc) is 2.40. The molecule has 0 amide bonds. The lowest BCUT2D eigenvalue weighted by Gasteiger charge is -2.07. The predicted octanol–water partition coefficient (Wildman–Crippen LogP) is 3.44. The third kappa shape index (κ3) is 2.90. The van der Waals surface area contributed by atoms with Crippen LogP contribution < -0.4 is 4.74 Å². The fourth-order valence-electron chi connectivity index (χ4n) is 1.48. The number of aromatic nitrogens is 1. The van der Waals surface area contributed by atoms with E-state index in [1.54, 1.807) is 31.1 Å². The van der Waals surface area contributed by atoms with Crippen LogP contribution in [0.3, 0.4) is 0 Å². The topological polar surface area (TPSA) is 39.2 Å². The zero-order chi connectivity index (χ0) is 13.0. The van der Waals surface area contributed by atoms with Crippen molar-refractivity contribution in [3.05, 3.63) is 48.3 Å². The van der Waals surface area contributed by atoms with Crippen molar-refractivity contribution in [2.45, 2.75) is 16.7 Å². The van der Waals surface area contributed by atoms with Crippen molar-refractivity contribution in [1.29, 1.82) is 0 Å². The van der Waals surface area contributed by atoms with E-state index in [0.29, 0.717) is 5.69 Å². The summed E-state index contributed by atoms with van der Waals surface area (Å²) in [5, 5.41) is 0. The zero-order valence-electron chi connectivity index (χ0n) is 10.2. The normalized spacial score (nSPS) is 10.1. The molecule has 4 heteroatoms. The molecule has 1 aromatic carbocycles. The molecule has 0 aliphatic carbocycles. The van der Waals surface area contributed by atoms with Crippen LogP contribution in [0.5, 0.6) is 5.75 Å². The second-order valence-electron chi connectivity index (χ2n) is 3.69. The van der Waals surface area contributed by atoms with Crippen LogP contribution in [-0.2, 0) is 0 Å². The first-order chi connectivity index (χ1) is 8.70. The maximum absolute atomic E-state index is 11.1. The van der Waals surface area contributed by atoms with E-state index in [9.17, 15) is 4.79 Å². The van der Waals surface area contributed by atoms with Gasteiger partial charge in [0.1, 0.15) is 11.4 Å². The number of methoxy groups -OCH3 is 1. The van der Waals surface area contributed by atoms with Gasteiger partial charge in [0.25, 0.3) is 0 Å². The van der Waals surface area contributed by atoms with Crippen molar-refractivity contribution in [1.82, 2.24) is 4.98 Å². The zero-order valence-corrected chi connectivity index (χ0v) is 11.0. The quantitative estimate of drug-likeness (QED) is 0.788. The van der Waals surface area contributed by atoms with Gasteiger partial charge in [0, 0.05) is 18.0 Å². The molecular weight excluding hydrogens is 246 g/mol. The van der Waals surface area contributed by atoms with Crippen molar-refractivity contribution < 1.29 is 9.53 Å². The summed E-state index contributed by atoms with van der Waals surface area (Å²) in [5.74, 6) is 0.807. The van der Waals surface area contributed by atoms with Crippen molar-refractivity contribution in [2.75, 3.05) is 7.11 Å². The van der Waals surface area contributed by atoms with Crippen LogP contribution in [0.2, 0.25) is 0 Å². The third-order valence-electron chi connectivity index (χ3n) is 2.39. The maximum atomic E-state index is 11.1. The van der Waals surface area contributed by atoms with Crippen molar-refractivity contribution >= 4 is 17.5 Å². The Morgan fingerprint density at radius 2 is 2.00 bits per heavy atom. The Kier molecular flexibility index (Phi) is 3.99. The molecule has 0 spiro atoms. The van der Waals surface area contributed by atoms with Crippen LogP contribution in [-0.4, -0.2) is 17.9 Å². The molecule has 1 heterocycles. The highest BCUT2D eigenvalue weighted by molar-refractivity contribution is 7.99. The van der Waals surface area contributed by atoms with Gasteiger partial charge in [-0.1, -0.05) is 23.9 Å². The smallest absolute Gasteiger partial charge is 0.178 e. The maximum Gasteiger partial charge on any atom is 0.178 e. The number of para-hydroxylation sites is 1. The Morgan fingerprint density at radius 3 is 2.61 bits per heavy atom. The molecule has 0 aliphatic heterocycles. The van der Waals surface area contributed by atoms with Gasteiger partial charge in [-0.2, -0.15) is 0 Å². The molecule has 0 saturated carbocycles. The Balaban J connectivity index is 2.21. The van der Waals surface area contributed by atoms with Gasteiger partial charge in [0.2, 0.25) is 0 Å². The summed E-state index contributed by atoms with van der Waals surface area (Å²) in [5.41, 5.74) is 0.486. The molecule has 0 unspecified atom stereocenters. The highest BCUT2D eigenvalue weighted by Crippen LogP contribution is 2.34. The van der Waals surface area contributed by atoms with Gasteiger partial charge in [0.15, 0.2) is 5.78 Å². The van der Waals surface area contributed by atoms with Crippen LogP contribution in [0, 0.1) is 0 Å². The van der Waals surface area contributed by atoms with Crippen molar-refractivity contribution in [3.8, 4) is 5.75 Å². The number of hydrogen-bond donors (Lipinski definition) is 0. The highest BCUT2D eigenvalue weighted by atomic mass is 32.2. The summed E-state index contributed by atoms with van der Waals surface area (Å²) in [4.78, 5) is 17.2. The predicted molar refractivity (Wildman–Crippen MR) is 71.4 cm³/mol. The Bertz CT molecular complexity index is 552. The molecule has 0 bridgehead atoms. The van der Waals surface area contributed by atoms with Gasteiger partial charge in [-0.3, -0.25) is 9.78 Å². The Hall–Kier alpha value is -1.81. The summed E-state index contributed by atoms with van der Waals surface area (Å²) < 4.78 is 5.28. The van der Waals surface area contributed by atoms with Gasteiger partial charge in [-0.15, -0.1) is 0 Å². The van der Waals surface area contributed by atoms with Gasteiger partial charge in [-0.25, -0.2) is 0 Å². The minimum Gasteiger partial charge on any atom is -0.496 e. The summed E-state index contributed by atoms with van der Waals surface area (Å²) >= 11 is 1.56. The fraction of sp³-hybridized carbons (Fsp3) is 0.143. The molecular formula is C14H13NO2S. The third-order valence-corrected chi connectivity index (χ3v) is 3.43. The minimum absolute atomic E-state index is 0.0242. The number of nitrogens with zero attached hydrogens (tertiary/aromatic N) is 1. The first-order valence-electron chi connectivity index (χ1n) is 5.48. The second-order valence-corrected chi connectivity index (χ2v) is 4.80. The number of ether oxygens (including phenoxy) is 1. The lowest BCUT2D eigenvalue weighted by molar-refractivity contribution is 0.101. The number of Topliss-reactive ketones (excluding diaryl/α,β-unsaturated/α-hetero) is 1. The summed E-state index contributed by atoms with van der Waals surface area (Å²) in [6.45, 7) is 1.51. The molecule has 2 aromatic rings. The van der Waals surface area contributed by atoms with Crippen molar-refractivity contribution in [2.24, 2.45) is 0 Å². The van der Waals surface area contributed by atoms with E-state index in [4.69, 9.17) is 4.74 Å². The van der Waals surface area contributed by atoms with E-state index in [1.165, 1.54) is 6.92 Å². The molecule has 0 N–H and O–H groups in total. The van der Waals surface area contributed by atoms with E-state index < -0.39 is 0 Å². The molecule has 2 rings (SSSR count). The Morgan fingerprint density at radius 1 is 1.22 bits per heavy atom. The first-order valence-corrected chi connectivity index (χ1v) is 6.30. The SMILES string of the molecule is COc1ccccc1Sc1ccc(C(C)=O)nc1. The summed E-state index contributed by atoms with van der Waals surface area (Å²) in [7, 11) is 1.65. The van der Waals surface area contributed by atoms with Gasteiger partial charge >= 0.3 is 0 Å². The minimum atomic E-state index is -0.0242. The summed E-state index contributed by atoms with van der Waals surface area (Å²) in [6, 6.07) is 11.4. The van der Waals surface area contributed by atoms with Crippen LogP contribution in [0.4, 0.5) is 0 Å².